The first-order valence-electron chi connectivity index (χ1n) is 8.53. The van der Waals surface area contributed by atoms with Crippen LogP contribution in [-0.4, -0.2) is 11.8 Å². The molecule has 4 heteroatoms. The van der Waals surface area contributed by atoms with Crippen molar-refractivity contribution in [1.82, 2.24) is 0 Å². The molecule has 2 N–H and O–H groups in total. The van der Waals surface area contributed by atoms with Gasteiger partial charge in [-0.3, -0.25) is 9.59 Å². The maximum atomic E-state index is 12.2. The number of anilines is 2. The maximum Gasteiger partial charge on any atom is 0.314 e. The van der Waals surface area contributed by atoms with Crippen molar-refractivity contribution in [1.29, 1.82) is 0 Å². The maximum absolute atomic E-state index is 12.2. The number of hydrogen-bond acceptors (Lipinski definition) is 2. The van der Waals surface area contributed by atoms with Crippen LogP contribution in [0.5, 0.6) is 0 Å². The van der Waals surface area contributed by atoms with E-state index >= 15 is 0 Å². The fourth-order valence-electron chi connectivity index (χ4n) is 2.61. The fraction of sp³-hybridized carbons (Fsp3) is 0.333. The lowest BCUT2D eigenvalue weighted by molar-refractivity contribution is -0.133. The van der Waals surface area contributed by atoms with Gasteiger partial charge in [0, 0.05) is 11.4 Å². The zero-order valence-corrected chi connectivity index (χ0v) is 15.6. The van der Waals surface area contributed by atoms with Crippen LogP contribution in [0.3, 0.4) is 0 Å². The van der Waals surface area contributed by atoms with Crippen LogP contribution in [-0.2, 0) is 21.4 Å². The molecule has 132 valence electrons. The van der Waals surface area contributed by atoms with Crippen LogP contribution >= 0.6 is 0 Å². The fourth-order valence-corrected chi connectivity index (χ4v) is 2.61. The zero-order valence-electron chi connectivity index (χ0n) is 15.6. The van der Waals surface area contributed by atoms with E-state index in [0.717, 1.165) is 17.5 Å². The molecule has 2 aromatic rings. The standard InChI is InChI=1S/C21H26N2O2/c1-6-15-9-7-8-14(2)18(15)23-20(25)19(24)22-17-12-10-16(11-13-17)21(3,4)5/h7-13H,6H2,1-5H3,(H,22,24)(H,23,25). The molecule has 0 fully saturated rings. The number of rotatable bonds is 3. The normalized spacial score (nSPS) is 11.1. The lowest BCUT2D eigenvalue weighted by Gasteiger charge is -2.19. The van der Waals surface area contributed by atoms with Crippen molar-refractivity contribution < 1.29 is 9.59 Å². The van der Waals surface area contributed by atoms with Crippen molar-refractivity contribution in [2.75, 3.05) is 10.6 Å². The Kier molecular flexibility index (Phi) is 5.62. The number of benzene rings is 2. The SMILES string of the molecule is CCc1cccc(C)c1NC(=O)C(=O)Nc1ccc(C(C)(C)C)cc1. The number of nitrogens with one attached hydrogen (secondary N) is 2. The predicted molar refractivity (Wildman–Crippen MR) is 103 cm³/mol. The van der Waals surface area contributed by atoms with Gasteiger partial charge in [0.15, 0.2) is 0 Å². The van der Waals surface area contributed by atoms with Crippen molar-refractivity contribution in [3.63, 3.8) is 0 Å². The summed E-state index contributed by atoms with van der Waals surface area (Å²) in [6, 6.07) is 13.4. The molecule has 0 atom stereocenters. The van der Waals surface area contributed by atoms with E-state index in [9.17, 15) is 9.59 Å². The number of aryl methyl sites for hydroxylation is 2. The zero-order chi connectivity index (χ0) is 18.6. The second-order valence-corrected chi connectivity index (χ2v) is 7.20. The first-order chi connectivity index (χ1) is 11.7. The predicted octanol–water partition coefficient (Wildman–Crippen LogP) is 4.43. The molecule has 25 heavy (non-hydrogen) atoms. The van der Waals surface area contributed by atoms with Crippen LogP contribution in [0.4, 0.5) is 11.4 Å². The molecule has 0 radical (unpaired) electrons. The van der Waals surface area contributed by atoms with Gasteiger partial charge in [0.2, 0.25) is 0 Å². The molecular formula is C21H26N2O2. The molecule has 0 aromatic heterocycles. The molecule has 0 unspecified atom stereocenters. The Labute approximate surface area is 149 Å². The summed E-state index contributed by atoms with van der Waals surface area (Å²) in [5.74, 6) is -1.34. The van der Waals surface area contributed by atoms with Crippen molar-refractivity contribution in [3.8, 4) is 0 Å². The van der Waals surface area contributed by atoms with Gasteiger partial charge in [0.25, 0.3) is 0 Å². The summed E-state index contributed by atoms with van der Waals surface area (Å²) < 4.78 is 0. The minimum atomic E-state index is -0.672. The molecule has 0 spiro atoms. The number of hydrogen-bond donors (Lipinski definition) is 2. The highest BCUT2D eigenvalue weighted by Gasteiger charge is 2.17. The van der Waals surface area contributed by atoms with E-state index in [1.807, 2.05) is 56.3 Å². The lowest BCUT2D eigenvalue weighted by Crippen LogP contribution is -2.29. The van der Waals surface area contributed by atoms with Gasteiger partial charge in [-0.2, -0.15) is 0 Å². The average molecular weight is 338 g/mol. The van der Waals surface area contributed by atoms with Gasteiger partial charge in [-0.15, -0.1) is 0 Å². The van der Waals surface area contributed by atoms with Crippen molar-refractivity contribution in [2.24, 2.45) is 0 Å². The van der Waals surface area contributed by atoms with E-state index in [0.29, 0.717) is 11.4 Å². The van der Waals surface area contributed by atoms with Gasteiger partial charge in [-0.25, -0.2) is 0 Å². The van der Waals surface area contributed by atoms with Gasteiger partial charge < -0.3 is 10.6 Å². The lowest BCUT2D eigenvalue weighted by atomic mass is 9.87. The van der Waals surface area contributed by atoms with E-state index in [1.165, 1.54) is 5.56 Å². The minimum Gasteiger partial charge on any atom is -0.318 e. The minimum absolute atomic E-state index is 0.0430. The van der Waals surface area contributed by atoms with Crippen LogP contribution in [0.25, 0.3) is 0 Å². The number of carbonyl (C=O) groups is 2. The molecule has 0 aliphatic heterocycles. The molecule has 0 saturated carbocycles. The highest BCUT2D eigenvalue weighted by atomic mass is 16.2. The molecule has 2 amide bonds. The quantitative estimate of drug-likeness (QED) is 0.813. The van der Waals surface area contributed by atoms with Gasteiger partial charge in [-0.05, 0) is 47.6 Å². The molecule has 0 heterocycles. The Morgan fingerprint density at radius 2 is 1.52 bits per heavy atom. The summed E-state index contributed by atoms with van der Waals surface area (Å²) in [6.07, 6.45) is 0.785. The van der Waals surface area contributed by atoms with Gasteiger partial charge in [0.1, 0.15) is 0 Å². The molecule has 0 aliphatic carbocycles. The van der Waals surface area contributed by atoms with Gasteiger partial charge >= 0.3 is 11.8 Å². The second kappa shape index (κ2) is 7.51. The highest BCUT2D eigenvalue weighted by Crippen LogP contribution is 2.24. The number of para-hydroxylation sites is 1. The molecule has 0 saturated heterocycles. The molecule has 0 bridgehead atoms. The topological polar surface area (TPSA) is 58.2 Å². The van der Waals surface area contributed by atoms with Crippen LogP contribution in [0, 0.1) is 6.92 Å². The molecule has 0 aliphatic rings. The van der Waals surface area contributed by atoms with Crippen molar-refractivity contribution >= 4 is 23.2 Å². The molecule has 2 aromatic carbocycles. The number of carbonyl (C=O) groups excluding carboxylic acids is 2. The Morgan fingerprint density at radius 1 is 0.920 bits per heavy atom. The van der Waals surface area contributed by atoms with E-state index < -0.39 is 11.8 Å². The van der Waals surface area contributed by atoms with Gasteiger partial charge in [0.05, 0.1) is 0 Å². The number of amides is 2. The van der Waals surface area contributed by atoms with Gasteiger partial charge in [-0.1, -0.05) is 58.0 Å². The van der Waals surface area contributed by atoms with Crippen LogP contribution in [0.15, 0.2) is 42.5 Å². The largest absolute Gasteiger partial charge is 0.318 e. The first-order valence-corrected chi connectivity index (χ1v) is 8.53. The Balaban J connectivity index is 2.08. The summed E-state index contributed by atoms with van der Waals surface area (Å²) in [6.45, 7) is 10.3. The highest BCUT2D eigenvalue weighted by molar-refractivity contribution is 6.43. The summed E-state index contributed by atoms with van der Waals surface area (Å²) in [7, 11) is 0. The van der Waals surface area contributed by atoms with E-state index in [2.05, 4.69) is 31.4 Å². The third-order valence-corrected chi connectivity index (χ3v) is 4.19. The average Bonchev–Trinajstić information content (AvgIpc) is 2.56. The van der Waals surface area contributed by atoms with E-state index in [1.54, 1.807) is 0 Å². The monoisotopic (exact) mass is 338 g/mol. The van der Waals surface area contributed by atoms with E-state index in [-0.39, 0.29) is 5.41 Å². The third kappa shape index (κ3) is 4.69. The third-order valence-electron chi connectivity index (χ3n) is 4.19. The summed E-state index contributed by atoms with van der Waals surface area (Å²) >= 11 is 0. The smallest absolute Gasteiger partial charge is 0.314 e. The summed E-state index contributed by atoms with van der Waals surface area (Å²) in [4.78, 5) is 24.4. The van der Waals surface area contributed by atoms with Crippen LogP contribution < -0.4 is 10.6 Å². The Bertz CT molecular complexity index is 771. The second-order valence-electron chi connectivity index (χ2n) is 7.20. The first kappa shape index (κ1) is 18.7. The van der Waals surface area contributed by atoms with Crippen molar-refractivity contribution in [3.05, 3.63) is 59.2 Å². The van der Waals surface area contributed by atoms with Crippen LogP contribution in [0.2, 0.25) is 0 Å². The van der Waals surface area contributed by atoms with E-state index in [4.69, 9.17) is 0 Å². The van der Waals surface area contributed by atoms with Crippen LogP contribution in [0.1, 0.15) is 44.4 Å². The Hall–Kier alpha value is -2.62. The molecule has 2 rings (SSSR count). The molecular weight excluding hydrogens is 312 g/mol. The summed E-state index contributed by atoms with van der Waals surface area (Å²) in [5.41, 5.74) is 4.48. The Morgan fingerprint density at radius 3 is 2.08 bits per heavy atom. The van der Waals surface area contributed by atoms with Crippen molar-refractivity contribution in [2.45, 2.75) is 46.5 Å². The summed E-state index contributed by atoms with van der Waals surface area (Å²) in [5, 5.41) is 5.38. The molecule has 4 nitrogen and oxygen atoms in total.